The summed E-state index contributed by atoms with van der Waals surface area (Å²) in [7, 11) is 1.88. The first-order valence-corrected chi connectivity index (χ1v) is 7.78. The normalized spacial score (nSPS) is 16.6. The van der Waals surface area contributed by atoms with Crippen molar-refractivity contribution in [3.63, 3.8) is 0 Å². The smallest absolute Gasteiger partial charge is 0.223 e. The molecule has 0 unspecified atom stereocenters. The molecule has 0 radical (unpaired) electrons. The molecule has 0 amide bonds. The summed E-state index contributed by atoms with van der Waals surface area (Å²) < 4.78 is 2.14. The molecule has 1 heterocycles. The zero-order valence-electron chi connectivity index (χ0n) is 13.0. The SMILES string of the molecule is Cc1cc(=O)c(O)c(CN(C)CCO)n1C1CCCCC1. The van der Waals surface area contributed by atoms with Gasteiger partial charge in [0, 0.05) is 30.9 Å². The molecule has 21 heavy (non-hydrogen) atoms. The van der Waals surface area contributed by atoms with Crippen molar-refractivity contribution >= 4 is 0 Å². The second-order valence-corrected chi connectivity index (χ2v) is 6.07. The van der Waals surface area contributed by atoms with Crippen LogP contribution in [0.3, 0.4) is 0 Å². The van der Waals surface area contributed by atoms with Gasteiger partial charge in [0.1, 0.15) is 0 Å². The highest BCUT2D eigenvalue weighted by atomic mass is 16.3. The van der Waals surface area contributed by atoms with Gasteiger partial charge in [-0.25, -0.2) is 0 Å². The second-order valence-electron chi connectivity index (χ2n) is 6.07. The number of aliphatic hydroxyl groups is 1. The number of likely N-dealkylation sites (N-methyl/N-ethyl adjacent to an activating group) is 1. The van der Waals surface area contributed by atoms with Crippen molar-refractivity contribution < 1.29 is 10.2 Å². The van der Waals surface area contributed by atoms with Gasteiger partial charge < -0.3 is 14.8 Å². The third-order valence-electron chi connectivity index (χ3n) is 4.36. The summed E-state index contributed by atoms with van der Waals surface area (Å²) in [6.07, 6.45) is 5.85. The summed E-state index contributed by atoms with van der Waals surface area (Å²) in [6, 6.07) is 1.89. The molecule has 0 spiro atoms. The Hall–Kier alpha value is -1.33. The van der Waals surface area contributed by atoms with Crippen LogP contribution in [0.25, 0.3) is 0 Å². The maximum Gasteiger partial charge on any atom is 0.223 e. The molecule has 0 aromatic carbocycles. The predicted octanol–water partition coefficient (Wildman–Crippen LogP) is 1.79. The van der Waals surface area contributed by atoms with E-state index in [9.17, 15) is 9.90 Å². The molecule has 1 aromatic heterocycles. The third-order valence-corrected chi connectivity index (χ3v) is 4.36. The molecule has 1 aromatic rings. The van der Waals surface area contributed by atoms with Gasteiger partial charge in [-0.2, -0.15) is 0 Å². The fourth-order valence-corrected chi connectivity index (χ4v) is 3.30. The molecule has 0 aliphatic heterocycles. The number of rotatable bonds is 5. The number of aliphatic hydroxyl groups excluding tert-OH is 1. The summed E-state index contributed by atoms with van der Waals surface area (Å²) in [5.41, 5.74) is 1.28. The molecule has 0 atom stereocenters. The molecule has 0 bridgehead atoms. The van der Waals surface area contributed by atoms with Gasteiger partial charge in [0.15, 0.2) is 5.75 Å². The standard InChI is InChI=1S/C16H26N2O3/c1-12-10-15(20)16(21)14(11-17(2)8-9-19)18(12)13-6-4-3-5-7-13/h10,13,19,21H,3-9,11H2,1-2H3. The van der Waals surface area contributed by atoms with Gasteiger partial charge >= 0.3 is 0 Å². The van der Waals surface area contributed by atoms with Crippen molar-refractivity contribution in [3.8, 4) is 5.75 Å². The molecule has 0 saturated heterocycles. The average molecular weight is 294 g/mol. The molecule has 5 heteroatoms. The largest absolute Gasteiger partial charge is 0.503 e. The zero-order valence-corrected chi connectivity index (χ0v) is 13.0. The van der Waals surface area contributed by atoms with E-state index in [1.807, 2.05) is 18.9 Å². The van der Waals surface area contributed by atoms with E-state index in [1.54, 1.807) is 0 Å². The topological polar surface area (TPSA) is 65.7 Å². The number of aromatic nitrogens is 1. The number of nitrogens with zero attached hydrogens (tertiary/aromatic N) is 2. The molecule has 1 aliphatic carbocycles. The van der Waals surface area contributed by atoms with E-state index >= 15 is 0 Å². The van der Waals surface area contributed by atoms with Crippen LogP contribution in [0.4, 0.5) is 0 Å². The minimum atomic E-state index is -0.313. The Morgan fingerprint density at radius 3 is 2.62 bits per heavy atom. The summed E-state index contributed by atoms with van der Waals surface area (Å²) in [5, 5.41) is 19.3. The van der Waals surface area contributed by atoms with Crippen molar-refractivity contribution in [2.75, 3.05) is 20.2 Å². The summed E-state index contributed by atoms with van der Waals surface area (Å²) in [4.78, 5) is 13.8. The monoisotopic (exact) mass is 294 g/mol. The predicted molar refractivity (Wildman–Crippen MR) is 82.6 cm³/mol. The number of hydrogen-bond acceptors (Lipinski definition) is 4. The molecule has 118 valence electrons. The van der Waals surface area contributed by atoms with Gasteiger partial charge in [0.25, 0.3) is 0 Å². The Balaban J connectivity index is 2.41. The first-order chi connectivity index (χ1) is 10.0. The third kappa shape index (κ3) is 3.66. The van der Waals surface area contributed by atoms with Crippen LogP contribution < -0.4 is 5.43 Å². The highest BCUT2D eigenvalue weighted by molar-refractivity contribution is 5.30. The lowest BCUT2D eigenvalue weighted by molar-refractivity contribution is 0.209. The van der Waals surface area contributed by atoms with Crippen molar-refractivity contribution in [1.29, 1.82) is 0 Å². The van der Waals surface area contributed by atoms with E-state index in [0.717, 1.165) is 18.5 Å². The van der Waals surface area contributed by atoms with Crippen molar-refractivity contribution in [2.24, 2.45) is 0 Å². The maximum atomic E-state index is 11.9. The van der Waals surface area contributed by atoms with Gasteiger partial charge in [-0.15, -0.1) is 0 Å². The minimum absolute atomic E-state index is 0.0662. The number of aromatic hydroxyl groups is 1. The van der Waals surface area contributed by atoms with Gasteiger partial charge in [0.05, 0.1) is 12.3 Å². The first kappa shape index (κ1) is 16.0. The van der Waals surface area contributed by atoms with Gasteiger partial charge in [-0.3, -0.25) is 9.69 Å². The fourth-order valence-electron chi connectivity index (χ4n) is 3.30. The Bertz CT molecular complexity index is 533. The Kier molecular flexibility index (Phi) is 5.42. The van der Waals surface area contributed by atoms with Crippen LogP contribution in [0.5, 0.6) is 5.75 Å². The Labute approximate surface area is 125 Å². The van der Waals surface area contributed by atoms with Gasteiger partial charge in [-0.05, 0) is 26.8 Å². The van der Waals surface area contributed by atoms with Crippen LogP contribution in [0.2, 0.25) is 0 Å². The molecular weight excluding hydrogens is 268 g/mol. The minimum Gasteiger partial charge on any atom is -0.503 e. The van der Waals surface area contributed by atoms with Crippen LogP contribution in [0, 0.1) is 6.92 Å². The summed E-state index contributed by atoms with van der Waals surface area (Å²) in [6.45, 7) is 2.99. The van der Waals surface area contributed by atoms with E-state index < -0.39 is 0 Å². The molecule has 1 fully saturated rings. The van der Waals surface area contributed by atoms with Crippen LogP contribution in [-0.4, -0.2) is 39.9 Å². The van der Waals surface area contributed by atoms with E-state index in [1.165, 1.54) is 25.3 Å². The van der Waals surface area contributed by atoms with E-state index in [0.29, 0.717) is 24.8 Å². The Morgan fingerprint density at radius 1 is 1.33 bits per heavy atom. The highest BCUT2D eigenvalue weighted by Gasteiger charge is 2.22. The summed E-state index contributed by atoms with van der Waals surface area (Å²) >= 11 is 0. The molecule has 2 N–H and O–H groups in total. The van der Waals surface area contributed by atoms with Gasteiger partial charge in [-0.1, -0.05) is 19.3 Å². The number of pyridine rings is 1. The van der Waals surface area contributed by atoms with Crippen molar-refractivity contribution in [3.05, 3.63) is 27.7 Å². The van der Waals surface area contributed by atoms with Crippen LogP contribution in [-0.2, 0) is 6.54 Å². The van der Waals surface area contributed by atoms with Crippen LogP contribution in [0.1, 0.15) is 49.5 Å². The van der Waals surface area contributed by atoms with Crippen LogP contribution >= 0.6 is 0 Å². The highest BCUT2D eigenvalue weighted by Crippen LogP contribution is 2.32. The van der Waals surface area contributed by atoms with E-state index in [4.69, 9.17) is 5.11 Å². The van der Waals surface area contributed by atoms with E-state index in [2.05, 4.69) is 4.57 Å². The quantitative estimate of drug-likeness (QED) is 0.869. The molecule has 5 nitrogen and oxygen atoms in total. The zero-order chi connectivity index (χ0) is 15.4. The second kappa shape index (κ2) is 7.09. The number of hydrogen-bond donors (Lipinski definition) is 2. The lowest BCUT2D eigenvalue weighted by atomic mass is 9.94. The van der Waals surface area contributed by atoms with Crippen LogP contribution in [0.15, 0.2) is 10.9 Å². The van der Waals surface area contributed by atoms with Crippen molar-refractivity contribution in [2.45, 2.75) is 51.6 Å². The maximum absolute atomic E-state index is 11.9. The van der Waals surface area contributed by atoms with Gasteiger partial charge in [0.2, 0.25) is 5.43 Å². The molecule has 1 saturated carbocycles. The molecular formula is C16H26N2O3. The Morgan fingerprint density at radius 2 is 2.00 bits per heavy atom. The summed E-state index contributed by atoms with van der Waals surface area (Å²) in [5.74, 6) is -0.143. The fraction of sp³-hybridized carbons (Fsp3) is 0.688. The average Bonchev–Trinajstić information content (AvgIpc) is 2.46. The number of aryl methyl sites for hydroxylation is 1. The molecule has 2 rings (SSSR count). The van der Waals surface area contributed by atoms with Crippen molar-refractivity contribution in [1.82, 2.24) is 9.47 Å². The van der Waals surface area contributed by atoms with E-state index in [-0.39, 0.29) is 17.8 Å². The lowest BCUT2D eigenvalue weighted by Crippen LogP contribution is -2.28. The lowest BCUT2D eigenvalue weighted by Gasteiger charge is -2.31. The molecule has 1 aliphatic rings. The first-order valence-electron chi connectivity index (χ1n) is 7.78.